The molecule has 19 heavy (non-hydrogen) atoms. The number of hydrogen-bond acceptors (Lipinski definition) is 2. The van der Waals surface area contributed by atoms with E-state index in [2.05, 4.69) is 5.32 Å². The molecule has 1 aromatic rings. The lowest BCUT2D eigenvalue weighted by Gasteiger charge is -2.26. The number of halogens is 1. The zero-order chi connectivity index (χ0) is 14.5. The van der Waals surface area contributed by atoms with Crippen molar-refractivity contribution in [2.45, 2.75) is 32.6 Å². The van der Waals surface area contributed by atoms with Gasteiger partial charge in [-0.2, -0.15) is 0 Å². The van der Waals surface area contributed by atoms with E-state index < -0.39 is 5.41 Å². The van der Waals surface area contributed by atoms with Crippen LogP contribution in [-0.2, 0) is 10.2 Å². The van der Waals surface area contributed by atoms with E-state index in [9.17, 15) is 9.18 Å². The van der Waals surface area contributed by atoms with Gasteiger partial charge in [-0.05, 0) is 24.1 Å². The zero-order valence-electron chi connectivity index (χ0n) is 11.9. The molecule has 0 aromatic heterocycles. The lowest BCUT2D eigenvalue weighted by molar-refractivity contribution is -0.122. The molecule has 0 heterocycles. The maximum absolute atomic E-state index is 13.7. The van der Waals surface area contributed by atoms with Crippen molar-refractivity contribution in [3.8, 4) is 0 Å². The van der Waals surface area contributed by atoms with Crippen molar-refractivity contribution in [3.05, 3.63) is 35.6 Å². The summed E-state index contributed by atoms with van der Waals surface area (Å²) in [6, 6.07) is 6.66. The first-order valence-electron chi connectivity index (χ1n) is 6.58. The van der Waals surface area contributed by atoms with Gasteiger partial charge in [0.25, 0.3) is 0 Å². The Kier molecular flexibility index (Phi) is 5.48. The molecule has 0 aliphatic rings. The highest BCUT2D eigenvalue weighted by Crippen LogP contribution is 2.24. The molecule has 1 unspecified atom stereocenters. The number of benzene rings is 1. The lowest BCUT2D eigenvalue weighted by Crippen LogP contribution is -2.38. The van der Waals surface area contributed by atoms with E-state index in [0.717, 1.165) is 0 Å². The third kappa shape index (κ3) is 4.63. The van der Waals surface area contributed by atoms with Crippen LogP contribution in [0.5, 0.6) is 0 Å². The van der Waals surface area contributed by atoms with Gasteiger partial charge in [-0.3, -0.25) is 4.79 Å². The highest BCUT2D eigenvalue weighted by Gasteiger charge is 2.24. The predicted molar refractivity (Wildman–Crippen MR) is 75.3 cm³/mol. The van der Waals surface area contributed by atoms with Crippen molar-refractivity contribution in [1.82, 2.24) is 5.32 Å². The Hall–Kier alpha value is -1.42. The number of nitrogens with two attached hydrogens (primary N) is 1. The number of nitrogens with one attached hydrogen (secondary N) is 1. The second-order valence-corrected chi connectivity index (χ2v) is 5.69. The molecule has 0 saturated carbocycles. The molecule has 1 rings (SSSR count). The van der Waals surface area contributed by atoms with E-state index in [1.165, 1.54) is 6.07 Å². The summed E-state index contributed by atoms with van der Waals surface area (Å²) >= 11 is 0. The van der Waals surface area contributed by atoms with Gasteiger partial charge in [0.2, 0.25) is 5.91 Å². The monoisotopic (exact) mass is 266 g/mol. The van der Waals surface area contributed by atoms with E-state index in [-0.39, 0.29) is 17.6 Å². The summed E-state index contributed by atoms with van der Waals surface area (Å²) < 4.78 is 13.7. The summed E-state index contributed by atoms with van der Waals surface area (Å²) in [4.78, 5) is 11.7. The Labute approximate surface area is 114 Å². The van der Waals surface area contributed by atoms with E-state index in [0.29, 0.717) is 25.1 Å². The van der Waals surface area contributed by atoms with Gasteiger partial charge in [0.1, 0.15) is 5.82 Å². The van der Waals surface area contributed by atoms with Gasteiger partial charge in [-0.1, -0.05) is 39.0 Å². The van der Waals surface area contributed by atoms with Crippen LogP contribution in [0, 0.1) is 11.7 Å². The summed E-state index contributed by atoms with van der Waals surface area (Å²) in [5.74, 6) is -0.115. The van der Waals surface area contributed by atoms with Crippen LogP contribution < -0.4 is 11.1 Å². The molecule has 0 saturated heterocycles. The third-order valence-electron chi connectivity index (χ3n) is 3.27. The summed E-state index contributed by atoms with van der Waals surface area (Å²) in [5, 5.41) is 2.85. The molecule has 3 N–H and O–H groups in total. The molecule has 3 nitrogen and oxygen atoms in total. The maximum atomic E-state index is 13.7. The Morgan fingerprint density at radius 3 is 2.63 bits per heavy atom. The number of rotatable bonds is 6. The minimum absolute atomic E-state index is 0.0395. The van der Waals surface area contributed by atoms with Gasteiger partial charge in [0, 0.05) is 18.4 Å². The van der Waals surface area contributed by atoms with Crippen molar-refractivity contribution in [1.29, 1.82) is 0 Å². The Bertz CT molecular complexity index is 432. The molecule has 1 atom stereocenters. The standard InChI is InChI=1S/C15H23FN2O/c1-11(9-17)8-14(19)18-10-15(2,3)12-6-4-5-7-13(12)16/h4-7,11H,8-10,17H2,1-3H3,(H,18,19). The SMILES string of the molecule is CC(CN)CC(=O)NCC(C)(C)c1ccccc1F. The molecule has 4 heteroatoms. The van der Waals surface area contributed by atoms with E-state index in [1.807, 2.05) is 20.8 Å². The summed E-state index contributed by atoms with van der Waals surface area (Å²) in [6.45, 7) is 6.66. The van der Waals surface area contributed by atoms with Crippen LogP contribution in [0.1, 0.15) is 32.8 Å². The van der Waals surface area contributed by atoms with Gasteiger partial charge in [-0.25, -0.2) is 4.39 Å². The normalized spacial score (nSPS) is 13.1. The zero-order valence-corrected chi connectivity index (χ0v) is 11.9. The fourth-order valence-electron chi connectivity index (χ4n) is 1.90. The Morgan fingerprint density at radius 1 is 1.42 bits per heavy atom. The average molecular weight is 266 g/mol. The second kappa shape index (κ2) is 6.66. The molecule has 0 spiro atoms. The van der Waals surface area contributed by atoms with E-state index in [4.69, 9.17) is 5.73 Å². The minimum Gasteiger partial charge on any atom is -0.355 e. The summed E-state index contributed by atoms with van der Waals surface area (Å²) in [5.41, 5.74) is 5.66. The summed E-state index contributed by atoms with van der Waals surface area (Å²) in [6.07, 6.45) is 0.407. The van der Waals surface area contributed by atoms with Gasteiger partial charge in [0.05, 0.1) is 0 Å². The van der Waals surface area contributed by atoms with Crippen molar-refractivity contribution in [2.24, 2.45) is 11.7 Å². The third-order valence-corrected chi connectivity index (χ3v) is 3.27. The van der Waals surface area contributed by atoms with Crippen LogP contribution in [0.25, 0.3) is 0 Å². The van der Waals surface area contributed by atoms with Crippen molar-refractivity contribution >= 4 is 5.91 Å². The van der Waals surface area contributed by atoms with Gasteiger partial charge >= 0.3 is 0 Å². The van der Waals surface area contributed by atoms with E-state index in [1.54, 1.807) is 18.2 Å². The van der Waals surface area contributed by atoms with Crippen molar-refractivity contribution in [3.63, 3.8) is 0 Å². The molecular weight excluding hydrogens is 243 g/mol. The first kappa shape index (κ1) is 15.6. The average Bonchev–Trinajstić information content (AvgIpc) is 2.36. The molecule has 0 aliphatic carbocycles. The maximum Gasteiger partial charge on any atom is 0.220 e. The van der Waals surface area contributed by atoms with Gasteiger partial charge in [0.15, 0.2) is 0 Å². The first-order chi connectivity index (χ1) is 8.86. The molecule has 0 bridgehead atoms. The first-order valence-corrected chi connectivity index (χ1v) is 6.58. The van der Waals surface area contributed by atoms with E-state index >= 15 is 0 Å². The fourth-order valence-corrected chi connectivity index (χ4v) is 1.90. The molecule has 0 radical (unpaired) electrons. The molecular formula is C15H23FN2O. The Morgan fingerprint density at radius 2 is 2.05 bits per heavy atom. The quantitative estimate of drug-likeness (QED) is 0.829. The van der Waals surface area contributed by atoms with Crippen LogP contribution in [0.4, 0.5) is 4.39 Å². The highest BCUT2D eigenvalue weighted by molar-refractivity contribution is 5.76. The molecule has 0 fully saturated rings. The summed E-state index contributed by atoms with van der Waals surface area (Å²) in [7, 11) is 0. The lowest BCUT2D eigenvalue weighted by atomic mass is 9.84. The van der Waals surface area contributed by atoms with Crippen LogP contribution >= 0.6 is 0 Å². The molecule has 106 valence electrons. The van der Waals surface area contributed by atoms with Crippen LogP contribution in [0.15, 0.2) is 24.3 Å². The van der Waals surface area contributed by atoms with Crippen molar-refractivity contribution in [2.75, 3.05) is 13.1 Å². The molecule has 1 aromatic carbocycles. The van der Waals surface area contributed by atoms with Gasteiger partial charge in [-0.15, -0.1) is 0 Å². The number of hydrogen-bond donors (Lipinski definition) is 2. The number of carbonyl (C=O) groups excluding carboxylic acids is 1. The number of carbonyl (C=O) groups is 1. The Balaban J connectivity index is 2.61. The van der Waals surface area contributed by atoms with Crippen LogP contribution in [0.3, 0.4) is 0 Å². The molecule has 0 aliphatic heterocycles. The highest BCUT2D eigenvalue weighted by atomic mass is 19.1. The minimum atomic E-state index is -0.438. The second-order valence-electron chi connectivity index (χ2n) is 5.69. The van der Waals surface area contributed by atoms with Crippen molar-refractivity contribution < 1.29 is 9.18 Å². The van der Waals surface area contributed by atoms with Crippen LogP contribution in [-0.4, -0.2) is 19.0 Å². The van der Waals surface area contributed by atoms with Crippen LogP contribution in [0.2, 0.25) is 0 Å². The van der Waals surface area contributed by atoms with Gasteiger partial charge < -0.3 is 11.1 Å². The number of amides is 1. The smallest absolute Gasteiger partial charge is 0.220 e. The topological polar surface area (TPSA) is 55.1 Å². The molecule has 1 amide bonds. The fraction of sp³-hybridized carbons (Fsp3) is 0.533. The largest absolute Gasteiger partial charge is 0.355 e. The predicted octanol–water partition coefficient (Wildman–Crippen LogP) is 2.20.